The van der Waals surface area contributed by atoms with Gasteiger partial charge in [0.25, 0.3) is 0 Å². The normalized spacial score (nSPS) is 19.1. The van der Waals surface area contributed by atoms with Gasteiger partial charge in [-0.1, -0.05) is 29.8 Å². The first-order valence-corrected chi connectivity index (χ1v) is 9.38. The van der Waals surface area contributed by atoms with Crippen molar-refractivity contribution >= 4 is 28.5 Å². The number of carbonyl (C=O) groups is 1. The average molecular weight is 385 g/mol. The number of aliphatic carboxylic acids is 1. The summed E-state index contributed by atoms with van der Waals surface area (Å²) >= 11 is 6.34. The number of benzene rings is 2. The molecule has 2 aromatic carbocycles. The largest absolute Gasteiger partial charge is 0.493 e. The van der Waals surface area contributed by atoms with Gasteiger partial charge >= 0.3 is 5.97 Å². The molecule has 2 heterocycles. The summed E-state index contributed by atoms with van der Waals surface area (Å²) in [5.74, 6) is -0.123. The number of hydrogen-bond acceptors (Lipinski definition) is 3. The number of H-pyrrole nitrogens is 1. The van der Waals surface area contributed by atoms with Crippen molar-refractivity contribution in [2.24, 2.45) is 0 Å². The predicted molar refractivity (Wildman–Crippen MR) is 106 cm³/mol. The SMILES string of the molecule is CCOc1c(C)cc(Cl)cc1C1NC(C(=O)O)Cc2c1[nH]c1ccccc21. The lowest BCUT2D eigenvalue weighted by molar-refractivity contribution is -0.139. The maximum atomic E-state index is 11.8. The first-order chi connectivity index (χ1) is 13.0. The fraction of sp³-hybridized carbons (Fsp3) is 0.286. The molecule has 2 unspecified atom stereocenters. The minimum absolute atomic E-state index is 0.346. The molecule has 3 N–H and O–H groups in total. The van der Waals surface area contributed by atoms with Crippen molar-refractivity contribution in [3.63, 3.8) is 0 Å². The highest BCUT2D eigenvalue weighted by molar-refractivity contribution is 6.30. The van der Waals surface area contributed by atoms with Crippen LogP contribution in [0.2, 0.25) is 5.02 Å². The summed E-state index contributed by atoms with van der Waals surface area (Å²) in [7, 11) is 0. The Morgan fingerprint density at radius 3 is 2.85 bits per heavy atom. The molecule has 6 heteroatoms. The Balaban J connectivity index is 1.95. The molecule has 1 aromatic heterocycles. The van der Waals surface area contributed by atoms with Gasteiger partial charge in [-0.25, -0.2) is 0 Å². The number of hydrogen-bond donors (Lipinski definition) is 3. The second-order valence-electron chi connectivity index (χ2n) is 6.83. The fourth-order valence-electron chi connectivity index (χ4n) is 3.95. The van der Waals surface area contributed by atoms with E-state index in [1.807, 2.05) is 50.2 Å². The molecular formula is C21H21ClN2O3. The maximum absolute atomic E-state index is 11.8. The highest BCUT2D eigenvalue weighted by Gasteiger charge is 2.35. The number of carboxylic acid groups (broad SMARTS) is 1. The van der Waals surface area contributed by atoms with E-state index < -0.39 is 12.0 Å². The molecule has 1 aliphatic rings. The molecule has 140 valence electrons. The van der Waals surface area contributed by atoms with Crippen molar-refractivity contribution in [1.82, 2.24) is 10.3 Å². The Morgan fingerprint density at radius 1 is 1.33 bits per heavy atom. The molecule has 0 spiro atoms. The van der Waals surface area contributed by atoms with Gasteiger partial charge in [-0.2, -0.15) is 0 Å². The summed E-state index contributed by atoms with van der Waals surface area (Å²) in [5.41, 5.74) is 4.77. The molecule has 0 saturated heterocycles. The van der Waals surface area contributed by atoms with Gasteiger partial charge in [-0.05, 0) is 43.2 Å². The van der Waals surface area contributed by atoms with Gasteiger partial charge in [-0.3, -0.25) is 10.1 Å². The third-order valence-electron chi connectivity index (χ3n) is 5.08. The number of halogens is 1. The van der Waals surface area contributed by atoms with Crippen LogP contribution >= 0.6 is 11.6 Å². The van der Waals surface area contributed by atoms with E-state index in [0.29, 0.717) is 18.1 Å². The van der Waals surface area contributed by atoms with Crippen molar-refractivity contribution in [1.29, 1.82) is 0 Å². The molecular weight excluding hydrogens is 364 g/mol. The number of rotatable bonds is 4. The number of fused-ring (bicyclic) bond motifs is 3. The Kier molecular flexibility index (Phi) is 4.58. The first-order valence-electron chi connectivity index (χ1n) is 9.00. The Bertz CT molecular complexity index is 1030. The number of carboxylic acids is 1. The van der Waals surface area contributed by atoms with Gasteiger partial charge < -0.3 is 14.8 Å². The fourth-order valence-corrected chi connectivity index (χ4v) is 4.23. The Labute approximate surface area is 162 Å². The number of aromatic nitrogens is 1. The van der Waals surface area contributed by atoms with Gasteiger partial charge in [-0.15, -0.1) is 0 Å². The maximum Gasteiger partial charge on any atom is 0.321 e. The second kappa shape index (κ2) is 6.91. The van der Waals surface area contributed by atoms with E-state index in [1.54, 1.807) is 0 Å². The van der Waals surface area contributed by atoms with E-state index in [9.17, 15) is 9.90 Å². The quantitative estimate of drug-likeness (QED) is 0.629. The van der Waals surface area contributed by atoms with E-state index in [4.69, 9.17) is 16.3 Å². The zero-order valence-corrected chi connectivity index (χ0v) is 15.9. The van der Waals surface area contributed by atoms with Crippen LogP contribution in [-0.4, -0.2) is 28.7 Å². The standard InChI is InChI=1S/C21H21ClN2O3/c1-3-27-20-11(2)8-12(22)9-15(20)19-18-14(10-17(24-19)21(25)26)13-6-4-5-7-16(13)23-18/h4-9,17,19,23-24H,3,10H2,1-2H3,(H,25,26). The van der Waals surface area contributed by atoms with Gasteiger partial charge in [0.05, 0.1) is 12.6 Å². The van der Waals surface area contributed by atoms with Crippen molar-refractivity contribution in [2.75, 3.05) is 6.61 Å². The summed E-state index contributed by atoms with van der Waals surface area (Å²) < 4.78 is 5.90. The third-order valence-corrected chi connectivity index (χ3v) is 5.30. The van der Waals surface area contributed by atoms with Crippen LogP contribution in [0.25, 0.3) is 10.9 Å². The van der Waals surface area contributed by atoms with Crippen molar-refractivity contribution in [2.45, 2.75) is 32.4 Å². The summed E-state index contributed by atoms with van der Waals surface area (Å²) in [5, 5.41) is 14.6. The van der Waals surface area contributed by atoms with Gasteiger partial charge in [0.2, 0.25) is 0 Å². The van der Waals surface area contributed by atoms with Crippen molar-refractivity contribution in [3.8, 4) is 5.75 Å². The Morgan fingerprint density at radius 2 is 2.11 bits per heavy atom. The molecule has 5 nitrogen and oxygen atoms in total. The van der Waals surface area contributed by atoms with Gasteiger partial charge in [0.15, 0.2) is 0 Å². The zero-order valence-electron chi connectivity index (χ0n) is 15.2. The lowest BCUT2D eigenvalue weighted by atomic mass is 9.89. The summed E-state index contributed by atoms with van der Waals surface area (Å²) in [6.07, 6.45) is 0.425. The average Bonchev–Trinajstić information content (AvgIpc) is 3.01. The van der Waals surface area contributed by atoms with Crippen LogP contribution in [0.3, 0.4) is 0 Å². The van der Waals surface area contributed by atoms with Crippen LogP contribution in [0.4, 0.5) is 0 Å². The minimum Gasteiger partial charge on any atom is -0.493 e. The van der Waals surface area contributed by atoms with Crippen LogP contribution in [-0.2, 0) is 11.2 Å². The molecule has 4 rings (SSSR count). The van der Waals surface area contributed by atoms with E-state index in [1.165, 1.54) is 0 Å². The Hall–Kier alpha value is -2.50. The molecule has 3 aromatic rings. The van der Waals surface area contributed by atoms with Crippen LogP contribution in [0.1, 0.15) is 35.3 Å². The van der Waals surface area contributed by atoms with E-state index in [-0.39, 0.29) is 6.04 Å². The summed E-state index contributed by atoms with van der Waals surface area (Å²) in [4.78, 5) is 15.3. The van der Waals surface area contributed by atoms with Crippen LogP contribution in [0, 0.1) is 6.92 Å². The molecule has 2 atom stereocenters. The van der Waals surface area contributed by atoms with E-state index in [2.05, 4.69) is 10.3 Å². The van der Waals surface area contributed by atoms with E-state index >= 15 is 0 Å². The lowest BCUT2D eigenvalue weighted by Crippen LogP contribution is -2.45. The number of aryl methyl sites for hydroxylation is 1. The van der Waals surface area contributed by atoms with Crippen LogP contribution < -0.4 is 10.1 Å². The summed E-state index contributed by atoms with van der Waals surface area (Å²) in [6, 6.07) is 10.7. The third kappa shape index (κ3) is 3.07. The zero-order chi connectivity index (χ0) is 19.1. The second-order valence-corrected chi connectivity index (χ2v) is 7.27. The molecule has 0 saturated carbocycles. The highest BCUT2D eigenvalue weighted by atomic mass is 35.5. The molecule has 0 fully saturated rings. The minimum atomic E-state index is -0.868. The summed E-state index contributed by atoms with van der Waals surface area (Å²) in [6.45, 7) is 4.40. The molecule has 1 aliphatic heterocycles. The smallest absolute Gasteiger partial charge is 0.321 e. The van der Waals surface area contributed by atoms with Crippen LogP contribution in [0.15, 0.2) is 36.4 Å². The number of nitrogens with one attached hydrogen (secondary N) is 2. The lowest BCUT2D eigenvalue weighted by Gasteiger charge is -2.31. The topological polar surface area (TPSA) is 74.3 Å². The van der Waals surface area contributed by atoms with Crippen molar-refractivity contribution in [3.05, 3.63) is 63.8 Å². The monoisotopic (exact) mass is 384 g/mol. The molecule has 27 heavy (non-hydrogen) atoms. The predicted octanol–water partition coefficient (Wildman–Crippen LogP) is 4.22. The molecule has 0 aliphatic carbocycles. The molecule has 0 radical (unpaired) electrons. The van der Waals surface area contributed by atoms with Crippen molar-refractivity contribution < 1.29 is 14.6 Å². The van der Waals surface area contributed by atoms with E-state index in [0.717, 1.165) is 39.0 Å². The molecule has 0 bridgehead atoms. The highest BCUT2D eigenvalue weighted by Crippen LogP contribution is 2.40. The van der Waals surface area contributed by atoms with Crippen LogP contribution in [0.5, 0.6) is 5.75 Å². The molecule has 0 amide bonds. The first kappa shape index (κ1) is 17.9. The number of para-hydroxylation sites is 1. The van der Waals surface area contributed by atoms with Gasteiger partial charge in [0, 0.05) is 33.6 Å². The number of aromatic amines is 1. The van der Waals surface area contributed by atoms with Gasteiger partial charge in [0.1, 0.15) is 11.8 Å². The number of ether oxygens (including phenoxy) is 1.